The number of amides is 2. The van der Waals surface area contributed by atoms with Gasteiger partial charge in [-0.15, -0.1) is 0 Å². The summed E-state index contributed by atoms with van der Waals surface area (Å²) in [5.41, 5.74) is -0.244. The molecule has 3 N–H and O–H groups in total. The van der Waals surface area contributed by atoms with Crippen molar-refractivity contribution in [1.82, 2.24) is 20.4 Å². The summed E-state index contributed by atoms with van der Waals surface area (Å²) in [5, 5.41) is 20.4. The van der Waals surface area contributed by atoms with Crippen LogP contribution in [0, 0.1) is 23.2 Å². The third-order valence-electron chi connectivity index (χ3n) is 7.62. The van der Waals surface area contributed by atoms with Gasteiger partial charge in [-0.3, -0.25) is 4.79 Å². The van der Waals surface area contributed by atoms with Gasteiger partial charge in [0.25, 0.3) is 5.91 Å². The molecule has 4 aliphatic rings. The summed E-state index contributed by atoms with van der Waals surface area (Å²) in [5.74, 6) is 1.69. The molecule has 34 heavy (non-hydrogen) atoms. The predicted octanol–water partition coefficient (Wildman–Crippen LogP) is 3.19. The monoisotopic (exact) mass is 474 g/mol. The second-order valence-electron chi connectivity index (χ2n) is 11.3. The summed E-state index contributed by atoms with van der Waals surface area (Å²) in [4.78, 5) is 25.0. The lowest BCUT2D eigenvalue weighted by molar-refractivity contribution is -0.0969. The van der Waals surface area contributed by atoms with Gasteiger partial charge >= 0.3 is 6.09 Å². The van der Waals surface area contributed by atoms with Crippen molar-refractivity contribution in [3.63, 3.8) is 0 Å². The normalized spacial score (nSPS) is 30.1. The average molecular weight is 475 g/mol. The van der Waals surface area contributed by atoms with Gasteiger partial charge in [0.05, 0.1) is 24.9 Å². The largest absolute Gasteiger partial charge is 0.474 e. The lowest BCUT2D eigenvalue weighted by atomic mass is 9.48. The molecule has 9 heteroatoms. The van der Waals surface area contributed by atoms with Gasteiger partial charge < -0.3 is 25.2 Å². The predicted molar refractivity (Wildman–Crippen MR) is 127 cm³/mol. The van der Waals surface area contributed by atoms with Crippen LogP contribution < -0.4 is 15.4 Å². The van der Waals surface area contributed by atoms with E-state index in [2.05, 4.69) is 20.5 Å². The van der Waals surface area contributed by atoms with Gasteiger partial charge in [-0.25, -0.2) is 9.48 Å². The summed E-state index contributed by atoms with van der Waals surface area (Å²) in [7, 11) is 1.31. The van der Waals surface area contributed by atoms with Gasteiger partial charge in [-0.2, -0.15) is 5.10 Å². The van der Waals surface area contributed by atoms with E-state index in [4.69, 9.17) is 4.74 Å². The molecule has 9 nitrogen and oxygen atoms in total. The lowest BCUT2D eigenvalue weighted by Gasteiger charge is -2.59. The van der Waals surface area contributed by atoms with E-state index in [-0.39, 0.29) is 30.1 Å². The van der Waals surface area contributed by atoms with E-state index in [1.54, 1.807) is 12.3 Å². The molecular formula is C25H38N4O5. The maximum atomic E-state index is 13.4. The number of aliphatic hydroxyl groups is 1. The van der Waals surface area contributed by atoms with Crippen LogP contribution in [0.25, 0.3) is 6.20 Å². The number of carbonyl (C=O) groups is 2. The number of ether oxygens (including phenoxy) is 2. The molecule has 0 radical (unpaired) electrons. The Labute approximate surface area is 201 Å². The Morgan fingerprint density at radius 2 is 1.97 bits per heavy atom. The van der Waals surface area contributed by atoms with Crippen LogP contribution in [0.1, 0.15) is 70.2 Å². The lowest BCUT2D eigenvalue weighted by Crippen LogP contribution is -2.60. The van der Waals surface area contributed by atoms with Crippen LogP contribution in [-0.4, -0.2) is 58.3 Å². The van der Waals surface area contributed by atoms with Crippen LogP contribution in [0.5, 0.6) is 5.88 Å². The fraction of sp³-hybridized carbons (Fsp3) is 0.720. The van der Waals surface area contributed by atoms with Gasteiger partial charge in [0.15, 0.2) is 0 Å². The molecule has 1 aromatic heterocycles. The van der Waals surface area contributed by atoms with Crippen LogP contribution >= 0.6 is 0 Å². The Morgan fingerprint density at radius 3 is 2.56 bits per heavy atom. The van der Waals surface area contributed by atoms with Crippen molar-refractivity contribution in [2.45, 2.75) is 77.5 Å². The van der Waals surface area contributed by atoms with Gasteiger partial charge in [-0.05, 0) is 89.0 Å². The zero-order chi connectivity index (χ0) is 24.7. The van der Waals surface area contributed by atoms with Gasteiger partial charge in [0, 0.05) is 18.8 Å². The molecule has 188 valence electrons. The third-order valence-corrected chi connectivity index (χ3v) is 7.62. The minimum Gasteiger partial charge on any atom is -0.474 e. The first kappa shape index (κ1) is 24.6. The number of alkyl carbamates (subject to hydrolysis) is 1. The minimum absolute atomic E-state index is 0.0599. The molecule has 4 aliphatic carbocycles. The fourth-order valence-electron chi connectivity index (χ4n) is 6.42. The molecule has 0 aliphatic heterocycles. The molecule has 0 spiro atoms. The first-order chi connectivity index (χ1) is 16.0. The minimum atomic E-state index is -0.695. The summed E-state index contributed by atoms with van der Waals surface area (Å²) in [6, 6.07) is 0.123. The summed E-state index contributed by atoms with van der Waals surface area (Å²) >= 11 is 0. The number of carbonyl (C=O) groups excluding carboxylic acids is 2. The molecule has 1 heterocycles. The maximum Gasteiger partial charge on any atom is 0.407 e. The highest BCUT2D eigenvalue weighted by Crippen LogP contribution is 2.59. The van der Waals surface area contributed by atoms with E-state index in [0.717, 1.165) is 32.1 Å². The average Bonchev–Trinajstić information content (AvgIpc) is 3.16. The SMILES string of the molecule is COC(=O)NC(C)(C)/C=C/n1ncc(C(=O)N[C@H]2C3CC4CC2C[C@](CO)(C4)C3)c1OC(C)C. The summed E-state index contributed by atoms with van der Waals surface area (Å²) in [6.07, 6.45) is 9.65. The van der Waals surface area contributed by atoms with E-state index in [0.29, 0.717) is 29.2 Å². The highest BCUT2D eigenvalue weighted by atomic mass is 16.5. The second-order valence-corrected chi connectivity index (χ2v) is 11.3. The quantitative estimate of drug-likeness (QED) is 0.533. The number of aliphatic hydroxyl groups excluding tert-OH is 1. The van der Waals surface area contributed by atoms with Crippen LogP contribution in [0.2, 0.25) is 0 Å². The summed E-state index contributed by atoms with van der Waals surface area (Å²) < 4.78 is 12.2. The smallest absolute Gasteiger partial charge is 0.407 e. The number of hydrogen-bond acceptors (Lipinski definition) is 6. The second kappa shape index (κ2) is 9.24. The maximum absolute atomic E-state index is 13.4. The number of aromatic nitrogens is 2. The molecule has 1 aromatic rings. The molecule has 4 saturated carbocycles. The molecule has 5 rings (SSSR count). The molecule has 4 fully saturated rings. The number of nitrogens with one attached hydrogen (secondary N) is 2. The highest BCUT2D eigenvalue weighted by Gasteiger charge is 2.55. The van der Waals surface area contributed by atoms with Gasteiger partial charge in [0.2, 0.25) is 5.88 Å². The standard InChI is InChI=1S/C25H38N4O5/c1-15(2)34-22-19(13-26-29(22)7-6-24(3,4)28-23(32)33-5)21(31)27-20-17-8-16-9-18(20)12-25(10-16,11-17)14-30/h6-7,13,15-18,20,30H,8-12,14H2,1-5H3,(H,27,31)(H,28,32)/b7-6+/t16?,17?,18?,20-,25-. The molecule has 2 amide bonds. The van der Waals surface area contributed by atoms with Crippen molar-refractivity contribution < 1.29 is 24.2 Å². The van der Waals surface area contributed by atoms with Crippen LogP contribution in [-0.2, 0) is 4.74 Å². The number of nitrogens with zero attached hydrogens (tertiary/aromatic N) is 2. The molecule has 0 saturated heterocycles. The number of methoxy groups -OCH3 is 1. The molecule has 2 unspecified atom stereocenters. The van der Waals surface area contributed by atoms with Crippen molar-refractivity contribution in [1.29, 1.82) is 0 Å². The molecule has 0 aromatic carbocycles. The Kier molecular flexibility index (Phi) is 6.68. The van der Waals surface area contributed by atoms with E-state index in [1.807, 2.05) is 27.7 Å². The fourth-order valence-corrected chi connectivity index (χ4v) is 6.42. The van der Waals surface area contributed by atoms with Gasteiger partial charge in [0.1, 0.15) is 5.56 Å². The first-order valence-electron chi connectivity index (χ1n) is 12.3. The summed E-state index contributed by atoms with van der Waals surface area (Å²) in [6.45, 7) is 7.71. The first-order valence-corrected chi connectivity index (χ1v) is 12.3. The van der Waals surface area contributed by atoms with Crippen molar-refractivity contribution >= 4 is 18.2 Å². The van der Waals surface area contributed by atoms with Crippen LogP contribution in [0.3, 0.4) is 0 Å². The molecular weight excluding hydrogens is 436 g/mol. The van der Waals surface area contributed by atoms with E-state index >= 15 is 0 Å². The van der Waals surface area contributed by atoms with Crippen LogP contribution in [0.15, 0.2) is 12.3 Å². The van der Waals surface area contributed by atoms with Crippen molar-refractivity contribution in [3.8, 4) is 5.88 Å². The topological polar surface area (TPSA) is 115 Å². The Bertz CT molecular complexity index is 937. The van der Waals surface area contributed by atoms with E-state index in [1.165, 1.54) is 18.0 Å². The van der Waals surface area contributed by atoms with Crippen LogP contribution in [0.4, 0.5) is 4.79 Å². The Morgan fingerprint density at radius 1 is 1.29 bits per heavy atom. The molecule has 4 bridgehead atoms. The number of rotatable bonds is 8. The number of hydrogen-bond donors (Lipinski definition) is 3. The highest BCUT2D eigenvalue weighted by molar-refractivity contribution is 5.96. The van der Waals surface area contributed by atoms with Gasteiger partial charge in [-0.1, -0.05) is 0 Å². The van der Waals surface area contributed by atoms with E-state index < -0.39 is 11.6 Å². The molecule has 2 atom stereocenters. The Hall–Kier alpha value is -2.55. The zero-order valence-corrected chi connectivity index (χ0v) is 20.8. The van der Waals surface area contributed by atoms with E-state index in [9.17, 15) is 14.7 Å². The van der Waals surface area contributed by atoms with Crippen molar-refractivity contribution in [2.75, 3.05) is 13.7 Å². The Balaban J connectivity index is 1.52. The van der Waals surface area contributed by atoms with Crippen molar-refractivity contribution in [3.05, 3.63) is 17.8 Å². The zero-order valence-electron chi connectivity index (χ0n) is 20.8. The third kappa shape index (κ3) is 4.94. The van der Waals surface area contributed by atoms with Crippen molar-refractivity contribution in [2.24, 2.45) is 23.2 Å².